The third-order valence-electron chi connectivity index (χ3n) is 6.29. The number of benzene rings is 2. The molecule has 1 fully saturated rings. The Bertz CT molecular complexity index is 1340. The van der Waals surface area contributed by atoms with E-state index in [1.54, 1.807) is 24.4 Å². The van der Waals surface area contributed by atoms with Crippen molar-refractivity contribution < 1.29 is 22.7 Å². The molecule has 0 bridgehead atoms. The lowest BCUT2D eigenvalue weighted by Gasteiger charge is -2.15. The van der Waals surface area contributed by atoms with Crippen LogP contribution in [0.3, 0.4) is 0 Å². The largest absolute Gasteiger partial charge is 0.454 e. The molecule has 32 heavy (non-hydrogen) atoms. The van der Waals surface area contributed by atoms with Crippen LogP contribution < -0.4 is 9.47 Å². The fraction of sp³-hybridized carbons (Fsp3) is 0.280. The van der Waals surface area contributed by atoms with Crippen LogP contribution in [0.2, 0.25) is 0 Å². The van der Waals surface area contributed by atoms with E-state index in [0.29, 0.717) is 17.2 Å². The number of ketones is 1. The van der Waals surface area contributed by atoms with Gasteiger partial charge in [-0.1, -0.05) is 18.2 Å². The molecule has 1 aromatic heterocycles. The first-order valence-electron chi connectivity index (χ1n) is 10.5. The molecule has 2 aromatic carbocycles. The van der Waals surface area contributed by atoms with Crippen LogP contribution in [-0.4, -0.2) is 32.2 Å². The predicted octanol–water partition coefficient (Wildman–Crippen LogP) is 4.03. The Morgan fingerprint density at radius 3 is 2.56 bits per heavy atom. The monoisotopic (exact) mass is 449 g/mol. The lowest BCUT2D eigenvalue weighted by molar-refractivity contribution is -0.120. The smallest absolute Gasteiger partial charge is 0.231 e. The van der Waals surface area contributed by atoms with Crippen molar-refractivity contribution in [3.63, 3.8) is 0 Å². The van der Waals surface area contributed by atoms with Crippen molar-refractivity contribution in [3.8, 4) is 22.6 Å². The van der Waals surface area contributed by atoms with Gasteiger partial charge in [0.2, 0.25) is 6.79 Å². The maximum absolute atomic E-state index is 13.2. The first kappa shape index (κ1) is 20.7. The number of carbonyl (C=O) groups is 1. The third-order valence-corrected chi connectivity index (χ3v) is 7.40. The Morgan fingerprint density at radius 1 is 1.06 bits per heavy atom. The number of sulfone groups is 1. The number of rotatable bonds is 6. The summed E-state index contributed by atoms with van der Waals surface area (Å²) < 4.78 is 34.6. The van der Waals surface area contributed by atoms with Gasteiger partial charge in [0.05, 0.1) is 10.3 Å². The van der Waals surface area contributed by atoms with Gasteiger partial charge in [0.15, 0.2) is 21.3 Å². The van der Waals surface area contributed by atoms with Gasteiger partial charge in [0, 0.05) is 30.1 Å². The summed E-state index contributed by atoms with van der Waals surface area (Å²) in [6.07, 6.45) is 4.81. The van der Waals surface area contributed by atoms with Crippen LogP contribution in [-0.2, 0) is 26.5 Å². The molecule has 2 heterocycles. The molecule has 0 unspecified atom stereocenters. The van der Waals surface area contributed by atoms with Crippen LogP contribution in [0.4, 0.5) is 0 Å². The van der Waals surface area contributed by atoms with Crippen LogP contribution in [0, 0.1) is 6.92 Å². The molecule has 0 saturated heterocycles. The number of pyridine rings is 1. The van der Waals surface area contributed by atoms with E-state index in [4.69, 9.17) is 9.47 Å². The predicted molar refractivity (Wildman–Crippen MR) is 120 cm³/mol. The van der Waals surface area contributed by atoms with Gasteiger partial charge in [-0.25, -0.2) is 8.42 Å². The summed E-state index contributed by atoms with van der Waals surface area (Å²) >= 11 is 0. The second kappa shape index (κ2) is 7.45. The molecule has 2 aliphatic rings. The molecule has 7 heteroatoms. The summed E-state index contributed by atoms with van der Waals surface area (Å²) in [6.45, 7) is 2.16. The SMILES string of the molecule is Cc1cc(CC(=O)C2(c3ccc4c(c3)OCO4)CC2)ncc1-c1cccc(S(C)(=O)=O)c1. The van der Waals surface area contributed by atoms with E-state index in [9.17, 15) is 13.2 Å². The highest BCUT2D eigenvalue weighted by Gasteiger charge is 2.51. The van der Waals surface area contributed by atoms with E-state index in [1.165, 1.54) is 6.26 Å². The molecule has 0 N–H and O–H groups in total. The Kier molecular flexibility index (Phi) is 4.82. The van der Waals surface area contributed by atoms with Crippen molar-refractivity contribution in [2.24, 2.45) is 0 Å². The highest BCUT2D eigenvalue weighted by atomic mass is 32.2. The van der Waals surface area contributed by atoms with Gasteiger partial charge in [-0.2, -0.15) is 0 Å². The summed E-state index contributed by atoms with van der Waals surface area (Å²) in [6, 6.07) is 14.5. The van der Waals surface area contributed by atoms with Crippen LogP contribution in [0.25, 0.3) is 11.1 Å². The topological polar surface area (TPSA) is 82.6 Å². The zero-order valence-electron chi connectivity index (χ0n) is 17.9. The zero-order chi connectivity index (χ0) is 22.5. The number of fused-ring (bicyclic) bond motifs is 1. The maximum atomic E-state index is 13.2. The molecular weight excluding hydrogens is 426 g/mol. The number of aryl methyl sites for hydroxylation is 1. The molecule has 0 atom stereocenters. The summed E-state index contributed by atoms with van der Waals surface area (Å²) in [7, 11) is -3.29. The average Bonchev–Trinajstić information content (AvgIpc) is 3.44. The van der Waals surface area contributed by atoms with Gasteiger partial charge in [-0.05, 0) is 66.8 Å². The van der Waals surface area contributed by atoms with Gasteiger partial charge in [-0.3, -0.25) is 9.78 Å². The first-order chi connectivity index (χ1) is 15.3. The Morgan fingerprint density at radius 2 is 1.84 bits per heavy atom. The summed E-state index contributed by atoms with van der Waals surface area (Å²) in [5.41, 5.74) is 3.79. The van der Waals surface area contributed by atoms with E-state index in [2.05, 4.69) is 4.98 Å². The molecule has 0 radical (unpaired) electrons. The van der Waals surface area contributed by atoms with Crippen molar-refractivity contribution in [2.75, 3.05) is 13.0 Å². The molecular formula is C25H23NO5S. The van der Waals surface area contributed by atoms with E-state index >= 15 is 0 Å². The Hall–Kier alpha value is -3.19. The fourth-order valence-electron chi connectivity index (χ4n) is 4.29. The van der Waals surface area contributed by atoms with E-state index < -0.39 is 15.3 Å². The first-order valence-corrected chi connectivity index (χ1v) is 12.3. The Balaban J connectivity index is 1.38. The molecule has 0 amide bonds. The molecule has 1 saturated carbocycles. The number of hydrogen-bond acceptors (Lipinski definition) is 6. The van der Waals surface area contributed by atoms with Crippen LogP contribution in [0.5, 0.6) is 11.5 Å². The minimum atomic E-state index is -3.29. The number of nitrogens with zero attached hydrogens (tertiary/aromatic N) is 1. The number of hydrogen-bond donors (Lipinski definition) is 0. The van der Waals surface area contributed by atoms with Gasteiger partial charge < -0.3 is 9.47 Å². The molecule has 164 valence electrons. The van der Waals surface area contributed by atoms with Gasteiger partial charge in [0.1, 0.15) is 5.78 Å². The van der Waals surface area contributed by atoms with Crippen LogP contribution in [0.1, 0.15) is 29.7 Å². The number of aromatic nitrogens is 1. The molecule has 5 rings (SSSR count). The quantitative estimate of drug-likeness (QED) is 0.565. The average molecular weight is 450 g/mol. The molecule has 1 aliphatic carbocycles. The van der Waals surface area contributed by atoms with Crippen molar-refractivity contribution in [2.45, 2.75) is 36.5 Å². The van der Waals surface area contributed by atoms with Gasteiger partial charge in [-0.15, -0.1) is 0 Å². The van der Waals surface area contributed by atoms with Crippen LogP contribution in [0.15, 0.2) is 59.6 Å². The summed E-state index contributed by atoms with van der Waals surface area (Å²) in [5, 5.41) is 0. The summed E-state index contributed by atoms with van der Waals surface area (Å²) in [4.78, 5) is 18.0. The number of ether oxygens (including phenoxy) is 2. The minimum absolute atomic E-state index is 0.148. The number of carbonyl (C=O) groups excluding carboxylic acids is 1. The fourth-order valence-corrected chi connectivity index (χ4v) is 4.96. The second-order valence-electron chi connectivity index (χ2n) is 8.54. The van der Waals surface area contributed by atoms with E-state index in [0.717, 1.165) is 35.1 Å². The van der Waals surface area contributed by atoms with Crippen molar-refractivity contribution in [1.82, 2.24) is 4.98 Å². The highest BCUT2D eigenvalue weighted by Crippen LogP contribution is 2.51. The van der Waals surface area contributed by atoms with Crippen LogP contribution >= 0.6 is 0 Å². The Labute approximate surface area is 187 Å². The molecule has 1 aliphatic heterocycles. The van der Waals surface area contributed by atoms with Crippen molar-refractivity contribution >= 4 is 15.6 Å². The third kappa shape index (κ3) is 3.66. The maximum Gasteiger partial charge on any atom is 0.231 e. The van der Waals surface area contributed by atoms with Gasteiger partial charge in [0.25, 0.3) is 0 Å². The second-order valence-corrected chi connectivity index (χ2v) is 10.6. The number of Topliss-reactive ketones (excluding diaryl/α,β-unsaturated/α-hetero) is 1. The molecule has 0 spiro atoms. The van der Waals surface area contributed by atoms with Gasteiger partial charge >= 0.3 is 0 Å². The molecule has 6 nitrogen and oxygen atoms in total. The van der Waals surface area contributed by atoms with E-state index in [-0.39, 0.29) is 23.9 Å². The highest BCUT2D eigenvalue weighted by molar-refractivity contribution is 7.90. The minimum Gasteiger partial charge on any atom is -0.454 e. The summed E-state index contributed by atoms with van der Waals surface area (Å²) in [5.74, 6) is 1.55. The lowest BCUT2D eigenvalue weighted by atomic mass is 9.88. The standard InChI is InChI=1S/C25H23NO5S/c1-16-10-19(26-14-21(16)17-4-3-5-20(11-17)32(2,28)29)13-24(27)25(8-9-25)18-6-7-22-23(12-18)31-15-30-22/h3-7,10-12,14H,8-9,13,15H2,1-2H3. The molecule has 3 aromatic rings. The van der Waals surface area contributed by atoms with Crippen molar-refractivity contribution in [1.29, 1.82) is 0 Å². The van der Waals surface area contributed by atoms with Crippen molar-refractivity contribution in [3.05, 3.63) is 71.5 Å². The zero-order valence-corrected chi connectivity index (χ0v) is 18.7. The normalized spacial score (nSPS) is 16.1. The lowest BCUT2D eigenvalue weighted by Crippen LogP contribution is -2.23. The van der Waals surface area contributed by atoms with E-state index in [1.807, 2.05) is 37.3 Å².